The van der Waals surface area contributed by atoms with Crippen LogP contribution >= 0.6 is 0 Å². The van der Waals surface area contributed by atoms with Gasteiger partial charge in [-0.3, -0.25) is 0 Å². The highest BCUT2D eigenvalue weighted by Gasteiger charge is 2.17. The summed E-state index contributed by atoms with van der Waals surface area (Å²) in [5, 5.41) is 9.44. The number of anilines is 5. The van der Waals surface area contributed by atoms with Gasteiger partial charge >= 0.3 is 6.03 Å². The van der Waals surface area contributed by atoms with Gasteiger partial charge in [0, 0.05) is 31.0 Å². The third-order valence-electron chi connectivity index (χ3n) is 5.36. The van der Waals surface area contributed by atoms with Gasteiger partial charge in [0.05, 0.1) is 11.9 Å². The summed E-state index contributed by atoms with van der Waals surface area (Å²) in [4.78, 5) is 23.0. The second-order valence-corrected chi connectivity index (χ2v) is 7.84. The van der Waals surface area contributed by atoms with Crippen LogP contribution < -0.4 is 21.7 Å². The second-order valence-electron chi connectivity index (χ2n) is 7.84. The van der Waals surface area contributed by atoms with Gasteiger partial charge in [0.25, 0.3) is 0 Å². The summed E-state index contributed by atoms with van der Waals surface area (Å²) in [5.41, 5.74) is 9.36. The fraction of sp³-hybridized carbons (Fsp3) is 0.292. The topological polar surface area (TPSA) is 108 Å². The molecular weight excluding hydrogens is 402 g/mol. The van der Waals surface area contributed by atoms with Gasteiger partial charge in [0.15, 0.2) is 5.82 Å². The number of nitrogen functional groups attached to an aromatic ring is 1. The average molecular weight is 432 g/mol. The molecule has 1 fully saturated rings. The van der Waals surface area contributed by atoms with Crippen LogP contribution in [-0.4, -0.2) is 40.5 Å². The maximum absolute atomic E-state index is 12.3. The van der Waals surface area contributed by atoms with E-state index < -0.39 is 0 Å². The number of rotatable bonds is 8. The van der Waals surface area contributed by atoms with E-state index in [1.165, 1.54) is 5.56 Å². The molecule has 1 aliphatic rings. The molecule has 0 unspecified atom stereocenters. The normalized spacial score (nSPS) is 13.1. The van der Waals surface area contributed by atoms with Gasteiger partial charge in [-0.05, 0) is 49.4 Å². The minimum atomic E-state index is -0.0645. The maximum atomic E-state index is 12.3. The molecule has 0 bridgehead atoms. The van der Waals surface area contributed by atoms with E-state index in [1.54, 1.807) is 6.20 Å². The molecule has 2 amide bonds. The Labute approximate surface area is 188 Å². The van der Waals surface area contributed by atoms with Gasteiger partial charge in [-0.25, -0.2) is 9.78 Å². The number of urea groups is 1. The lowest BCUT2D eigenvalue weighted by molar-refractivity contribution is 0.222. The summed E-state index contributed by atoms with van der Waals surface area (Å²) >= 11 is 0. The molecule has 8 heteroatoms. The summed E-state index contributed by atoms with van der Waals surface area (Å²) in [6.07, 6.45) is 5.67. The molecule has 32 heavy (non-hydrogen) atoms. The second kappa shape index (κ2) is 10.5. The number of carbonyl (C=O) groups excluding carboxylic acids is 1. The molecule has 2 aromatic carbocycles. The first-order chi connectivity index (χ1) is 15.7. The van der Waals surface area contributed by atoms with Gasteiger partial charge in [0.2, 0.25) is 5.95 Å². The molecule has 5 N–H and O–H groups in total. The highest BCUT2D eigenvalue weighted by molar-refractivity contribution is 5.90. The van der Waals surface area contributed by atoms with Crippen molar-refractivity contribution in [2.45, 2.75) is 25.7 Å². The van der Waals surface area contributed by atoms with E-state index in [9.17, 15) is 4.79 Å². The van der Waals surface area contributed by atoms with Crippen LogP contribution in [0, 0.1) is 0 Å². The van der Waals surface area contributed by atoms with E-state index in [2.05, 4.69) is 50.2 Å². The number of nitrogens with two attached hydrogens (primary N) is 1. The Kier molecular flexibility index (Phi) is 7.01. The molecule has 1 saturated heterocycles. The molecular formula is C24H29N7O. The van der Waals surface area contributed by atoms with Crippen molar-refractivity contribution in [1.82, 2.24) is 14.9 Å². The van der Waals surface area contributed by atoms with Gasteiger partial charge in [-0.2, -0.15) is 4.98 Å². The quantitative estimate of drug-likeness (QED) is 0.392. The first kappa shape index (κ1) is 21.4. The first-order valence-corrected chi connectivity index (χ1v) is 11.0. The Hall–Kier alpha value is -3.81. The highest BCUT2D eigenvalue weighted by Crippen LogP contribution is 2.22. The van der Waals surface area contributed by atoms with E-state index in [4.69, 9.17) is 5.73 Å². The fourth-order valence-electron chi connectivity index (χ4n) is 3.66. The number of nitrogens with one attached hydrogen (secondary N) is 3. The number of hydrogen-bond acceptors (Lipinski definition) is 6. The smallest absolute Gasteiger partial charge is 0.321 e. The molecule has 166 valence electrons. The Morgan fingerprint density at radius 1 is 1.03 bits per heavy atom. The number of carbonyl (C=O) groups is 1. The van der Waals surface area contributed by atoms with E-state index in [0.29, 0.717) is 17.5 Å². The van der Waals surface area contributed by atoms with Crippen LogP contribution in [0.25, 0.3) is 0 Å². The minimum absolute atomic E-state index is 0.0645. The van der Waals surface area contributed by atoms with Gasteiger partial charge in [-0.1, -0.05) is 36.4 Å². The predicted molar refractivity (Wildman–Crippen MR) is 129 cm³/mol. The fourth-order valence-corrected chi connectivity index (χ4v) is 3.66. The molecule has 3 aromatic rings. The number of aryl methyl sites for hydroxylation is 1. The van der Waals surface area contributed by atoms with Crippen molar-refractivity contribution in [1.29, 1.82) is 0 Å². The van der Waals surface area contributed by atoms with Crippen LogP contribution in [0.3, 0.4) is 0 Å². The van der Waals surface area contributed by atoms with Crippen molar-refractivity contribution < 1.29 is 4.79 Å². The van der Waals surface area contributed by atoms with Gasteiger partial charge < -0.3 is 26.6 Å². The summed E-state index contributed by atoms with van der Waals surface area (Å²) < 4.78 is 0. The molecule has 1 aliphatic heterocycles. The van der Waals surface area contributed by atoms with E-state index in [-0.39, 0.29) is 6.03 Å². The first-order valence-electron chi connectivity index (χ1n) is 11.0. The number of amides is 2. The van der Waals surface area contributed by atoms with Crippen LogP contribution in [0.4, 0.5) is 33.6 Å². The lowest BCUT2D eigenvalue weighted by Gasteiger charge is -2.16. The molecule has 2 heterocycles. The lowest BCUT2D eigenvalue weighted by Crippen LogP contribution is -2.32. The lowest BCUT2D eigenvalue weighted by atomic mass is 10.1. The van der Waals surface area contributed by atoms with Crippen molar-refractivity contribution in [3.05, 3.63) is 66.4 Å². The summed E-state index contributed by atoms with van der Waals surface area (Å²) in [5.74, 6) is 1.04. The predicted octanol–water partition coefficient (Wildman–Crippen LogP) is 4.47. The van der Waals surface area contributed by atoms with Crippen LogP contribution in [0.5, 0.6) is 0 Å². The molecule has 0 atom stereocenters. The number of aromatic nitrogens is 2. The van der Waals surface area contributed by atoms with Crippen LogP contribution in [-0.2, 0) is 6.42 Å². The van der Waals surface area contributed by atoms with Crippen molar-refractivity contribution in [3.63, 3.8) is 0 Å². The zero-order valence-corrected chi connectivity index (χ0v) is 18.1. The zero-order chi connectivity index (χ0) is 22.2. The largest absolute Gasteiger partial charge is 0.394 e. The molecule has 0 spiro atoms. The minimum Gasteiger partial charge on any atom is -0.394 e. The molecule has 4 rings (SSSR count). The third-order valence-corrected chi connectivity index (χ3v) is 5.36. The summed E-state index contributed by atoms with van der Waals surface area (Å²) in [6.45, 7) is 2.38. The molecule has 0 radical (unpaired) electrons. The van der Waals surface area contributed by atoms with E-state index in [0.717, 1.165) is 56.7 Å². The van der Waals surface area contributed by atoms with Crippen molar-refractivity contribution >= 4 is 34.9 Å². The van der Waals surface area contributed by atoms with Crippen molar-refractivity contribution in [2.24, 2.45) is 0 Å². The SMILES string of the molecule is Nc1cnc(Nc2cccc(NC(=O)N3CCCC3)c2)nc1NCCCc1ccccc1. The van der Waals surface area contributed by atoms with Crippen LogP contribution in [0.2, 0.25) is 0 Å². The van der Waals surface area contributed by atoms with Gasteiger partial charge in [0.1, 0.15) is 0 Å². The molecule has 0 aliphatic carbocycles. The van der Waals surface area contributed by atoms with E-state index in [1.807, 2.05) is 35.2 Å². The Bertz CT molecular complexity index is 1040. The van der Waals surface area contributed by atoms with Crippen molar-refractivity contribution in [3.8, 4) is 0 Å². The Morgan fingerprint density at radius 3 is 2.62 bits per heavy atom. The molecule has 1 aromatic heterocycles. The monoisotopic (exact) mass is 431 g/mol. The summed E-state index contributed by atoms with van der Waals surface area (Å²) in [6, 6.07) is 17.8. The van der Waals surface area contributed by atoms with Crippen LogP contribution in [0.1, 0.15) is 24.8 Å². The Morgan fingerprint density at radius 2 is 1.81 bits per heavy atom. The number of likely N-dealkylation sites (tertiary alicyclic amines) is 1. The third kappa shape index (κ3) is 5.87. The number of nitrogens with zero attached hydrogens (tertiary/aromatic N) is 3. The maximum Gasteiger partial charge on any atom is 0.321 e. The van der Waals surface area contributed by atoms with Gasteiger partial charge in [-0.15, -0.1) is 0 Å². The standard InChI is InChI=1S/C24H29N7O/c25-21-17-27-23(30-22(21)26-13-7-10-18-8-2-1-3-9-18)28-19-11-6-12-20(16-19)29-24(32)31-14-4-5-15-31/h1-3,6,8-9,11-12,16-17H,4-5,7,10,13-15,25H2,(H,29,32)(H2,26,27,28,30). The highest BCUT2D eigenvalue weighted by atomic mass is 16.2. The molecule has 8 nitrogen and oxygen atoms in total. The van der Waals surface area contributed by atoms with Crippen LogP contribution in [0.15, 0.2) is 60.8 Å². The molecule has 0 saturated carbocycles. The summed E-state index contributed by atoms with van der Waals surface area (Å²) in [7, 11) is 0. The number of hydrogen-bond donors (Lipinski definition) is 4. The van der Waals surface area contributed by atoms with Crippen molar-refractivity contribution in [2.75, 3.05) is 41.3 Å². The zero-order valence-electron chi connectivity index (χ0n) is 18.1. The Balaban J connectivity index is 1.33. The average Bonchev–Trinajstić information content (AvgIpc) is 3.35. The van der Waals surface area contributed by atoms with E-state index >= 15 is 0 Å². The number of benzene rings is 2.